The van der Waals surface area contributed by atoms with Crippen molar-refractivity contribution in [3.63, 3.8) is 0 Å². The van der Waals surface area contributed by atoms with E-state index in [1.54, 1.807) is 12.1 Å². The van der Waals surface area contributed by atoms with Crippen LogP contribution in [0.1, 0.15) is 23.9 Å². The number of halogens is 1. The molecule has 0 unspecified atom stereocenters. The molecule has 0 fully saturated rings. The van der Waals surface area contributed by atoms with Crippen LogP contribution in [0.4, 0.5) is 4.39 Å². The molecule has 1 atom stereocenters. The number of hydrogen-bond donors (Lipinski definition) is 1. The van der Waals surface area contributed by atoms with Gasteiger partial charge >= 0.3 is 0 Å². The summed E-state index contributed by atoms with van der Waals surface area (Å²) in [5.41, 5.74) is 2.43. The Morgan fingerprint density at radius 2 is 2.08 bits per heavy atom. The molecule has 0 amide bonds. The highest BCUT2D eigenvalue weighted by Gasteiger charge is 2.13. The molecule has 0 spiro atoms. The monoisotopic (exact) mass is 329 g/mol. The molecule has 0 saturated carbocycles. The predicted molar refractivity (Wildman–Crippen MR) is 87.1 cm³/mol. The van der Waals surface area contributed by atoms with Gasteiger partial charge < -0.3 is 5.32 Å². The van der Waals surface area contributed by atoms with Crippen molar-refractivity contribution in [3.8, 4) is 5.69 Å². The zero-order valence-corrected chi connectivity index (χ0v) is 13.9. The predicted octanol–water partition coefficient (Wildman–Crippen LogP) is 1.79. The van der Waals surface area contributed by atoms with E-state index < -0.39 is 0 Å². The first-order chi connectivity index (χ1) is 11.5. The molecule has 0 bridgehead atoms. The highest BCUT2D eigenvalue weighted by Crippen LogP contribution is 2.15. The zero-order valence-electron chi connectivity index (χ0n) is 13.9. The molecule has 0 aliphatic rings. The van der Waals surface area contributed by atoms with Crippen LogP contribution in [-0.2, 0) is 13.1 Å². The van der Waals surface area contributed by atoms with Crippen molar-refractivity contribution in [2.75, 3.05) is 0 Å². The Kier molecular flexibility index (Phi) is 4.66. The average Bonchev–Trinajstić information content (AvgIpc) is 3.16. The van der Waals surface area contributed by atoms with Crippen molar-refractivity contribution < 1.29 is 4.39 Å². The van der Waals surface area contributed by atoms with Crippen molar-refractivity contribution in [3.05, 3.63) is 53.4 Å². The Morgan fingerprint density at radius 3 is 2.83 bits per heavy atom. The molecule has 8 heteroatoms. The van der Waals surface area contributed by atoms with Crippen molar-refractivity contribution in [1.29, 1.82) is 0 Å². The molecule has 0 saturated heterocycles. The Balaban J connectivity index is 1.68. The van der Waals surface area contributed by atoms with Crippen LogP contribution in [0.25, 0.3) is 5.69 Å². The van der Waals surface area contributed by atoms with Gasteiger partial charge in [0.05, 0.1) is 19.3 Å². The third-order valence-corrected chi connectivity index (χ3v) is 3.70. The van der Waals surface area contributed by atoms with E-state index in [1.165, 1.54) is 10.7 Å². The minimum atomic E-state index is -0.353. The summed E-state index contributed by atoms with van der Waals surface area (Å²) in [7, 11) is 0. The van der Waals surface area contributed by atoms with Crippen LogP contribution < -0.4 is 5.32 Å². The van der Waals surface area contributed by atoms with Gasteiger partial charge in [-0.2, -0.15) is 9.78 Å². The lowest BCUT2D eigenvalue weighted by molar-refractivity contribution is 0.442. The largest absolute Gasteiger partial charge is 0.305 e. The summed E-state index contributed by atoms with van der Waals surface area (Å²) in [5.74, 6) is 0.206. The maximum Gasteiger partial charge on any atom is 0.170 e. The quantitative estimate of drug-likeness (QED) is 0.746. The molecule has 7 nitrogen and oxygen atoms in total. The molecule has 3 rings (SSSR count). The summed E-state index contributed by atoms with van der Waals surface area (Å²) < 4.78 is 17.4. The first-order valence-electron chi connectivity index (χ1n) is 7.79. The molecule has 2 heterocycles. The fourth-order valence-corrected chi connectivity index (χ4v) is 2.47. The maximum atomic E-state index is 14.1. The molecule has 3 aromatic rings. The van der Waals surface area contributed by atoms with E-state index in [0.717, 1.165) is 17.7 Å². The Labute approximate surface area is 139 Å². The number of hydrogen-bond acceptors (Lipinski definition) is 5. The highest BCUT2D eigenvalue weighted by atomic mass is 19.1. The van der Waals surface area contributed by atoms with Gasteiger partial charge in [-0.15, -0.1) is 5.10 Å². The van der Waals surface area contributed by atoms with Crippen molar-refractivity contribution in [1.82, 2.24) is 35.3 Å². The second kappa shape index (κ2) is 6.88. The number of rotatable bonds is 6. The summed E-state index contributed by atoms with van der Waals surface area (Å²) in [4.78, 5) is 0. The highest BCUT2D eigenvalue weighted by molar-refractivity contribution is 5.36. The van der Waals surface area contributed by atoms with Crippen LogP contribution >= 0.6 is 0 Å². The number of aryl methyl sites for hydroxylation is 2. The first kappa shape index (κ1) is 16.3. The van der Waals surface area contributed by atoms with Gasteiger partial charge in [0.1, 0.15) is 11.5 Å². The van der Waals surface area contributed by atoms with E-state index in [2.05, 4.69) is 32.9 Å². The number of nitrogens with zero attached hydrogens (tertiary/aromatic N) is 6. The van der Waals surface area contributed by atoms with Crippen LogP contribution in [0.5, 0.6) is 0 Å². The fraction of sp³-hybridized carbons (Fsp3) is 0.375. The van der Waals surface area contributed by atoms with Crippen LogP contribution in [-0.4, -0.2) is 36.0 Å². The Morgan fingerprint density at radius 1 is 1.25 bits per heavy atom. The first-order valence-corrected chi connectivity index (χ1v) is 7.79. The summed E-state index contributed by atoms with van der Waals surface area (Å²) in [6, 6.07) is 5.03. The molecule has 126 valence electrons. The van der Waals surface area contributed by atoms with Gasteiger partial charge in [0.15, 0.2) is 5.82 Å². The standard InChI is InChI=1S/C16H20FN7/c1-11-4-5-14(17)15(6-11)24-16(20-21-22-24)8-18-13(3)10-23-9-12(2)7-19-23/h4-7,9,13,18H,8,10H2,1-3H3/t13-/m0/s1. The second-order valence-electron chi connectivity index (χ2n) is 5.98. The van der Waals surface area contributed by atoms with Crippen LogP contribution in [0.3, 0.4) is 0 Å². The molecule has 1 aromatic carbocycles. The number of benzene rings is 1. The number of nitrogens with one attached hydrogen (secondary N) is 1. The van der Waals surface area contributed by atoms with Gasteiger partial charge in [0.25, 0.3) is 0 Å². The lowest BCUT2D eigenvalue weighted by Gasteiger charge is -2.14. The average molecular weight is 329 g/mol. The molecular weight excluding hydrogens is 309 g/mol. The molecule has 0 aliphatic carbocycles. The molecule has 0 radical (unpaired) electrons. The zero-order chi connectivity index (χ0) is 17.1. The van der Waals surface area contributed by atoms with Gasteiger partial charge in [-0.1, -0.05) is 6.07 Å². The van der Waals surface area contributed by atoms with Crippen molar-refractivity contribution in [2.45, 2.75) is 39.9 Å². The van der Waals surface area contributed by atoms with Crippen molar-refractivity contribution >= 4 is 0 Å². The molecule has 0 aliphatic heterocycles. The minimum absolute atomic E-state index is 0.164. The summed E-state index contributed by atoms with van der Waals surface area (Å²) in [6.45, 7) is 7.12. The SMILES string of the molecule is Cc1ccc(F)c(-n2nnnc2CN[C@@H](C)Cn2cc(C)cn2)c1. The smallest absolute Gasteiger partial charge is 0.170 e. The molecular formula is C16H20FN7. The molecule has 24 heavy (non-hydrogen) atoms. The van der Waals surface area contributed by atoms with Crippen LogP contribution in [0.15, 0.2) is 30.6 Å². The van der Waals surface area contributed by atoms with E-state index in [-0.39, 0.29) is 11.9 Å². The lowest BCUT2D eigenvalue weighted by Crippen LogP contribution is -2.31. The molecule has 2 aromatic heterocycles. The number of aromatic nitrogens is 6. The minimum Gasteiger partial charge on any atom is -0.305 e. The van der Waals surface area contributed by atoms with Gasteiger partial charge in [0, 0.05) is 12.2 Å². The van der Waals surface area contributed by atoms with E-state index in [9.17, 15) is 4.39 Å². The lowest BCUT2D eigenvalue weighted by atomic mass is 10.2. The summed E-state index contributed by atoms with van der Waals surface area (Å²) in [6.07, 6.45) is 3.82. The van der Waals surface area contributed by atoms with Crippen LogP contribution in [0.2, 0.25) is 0 Å². The third-order valence-electron chi connectivity index (χ3n) is 3.70. The summed E-state index contributed by atoms with van der Waals surface area (Å²) >= 11 is 0. The fourth-order valence-electron chi connectivity index (χ4n) is 2.47. The maximum absolute atomic E-state index is 14.1. The topological polar surface area (TPSA) is 73.5 Å². The van der Waals surface area contributed by atoms with E-state index >= 15 is 0 Å². The normalized spacial score (nSPS) is 12.5. The van der Waals surface area contributed by atoms with Gasteiger partial charge in [-0.25, -0.2) is 4.39 Å². The molecule has 1 N–H and O–H groups in total. The van der Waals surface area contributed by atoms with E-state index in [0.29, 0.717) is 18.1 Å². The van der Waals surface area contributed by atoms with Gasteiger partial charge in [-0.05, 0) is 54.5 Å². The summed E-state index contributed by atoms with van der Waals surface area (Å²) in [5, 5.41) is 19.2. The Hall–Kier alpha value is -2.61. The van der Waals surface area contributed by atoms with E-state index in [4.69, 9.17) is 0 Å². The Bertz CT molecular complexity index is 823. The number of tetrazole rings is 1. The third kappa shape index (κ3) is 3.65. The van der Waals surface area contributed by atoms with E-state index in [1.807, 2.05) is 30.9 Å². The van der Waals surface area contributed by atoms with Gasteiger partial charge in [0.2, 0.25) is 0 Å². The van der Waals surface area contributed by atoms with Gasteiger partial charge in [-0.3, -0.25) is 4.68 Å². The van der Waals surface area contributed by atoms with Crippen molar-refractivity contribution in [2.24, 2.45) is 0 Å². The second-order valence-corrected chi connectivity index (χ2v) is 5.98. The van der Waals surface area contributed by atoms with Crippen LogP contribution in [0, 0.1) is 19.7 Å².